The van der Waals surface area contributed by atoms with Crippen LogP contribution in [0.2, 0.25) is 15.1 Å². The third-order valence-corrected chi connectivity index (χ3v) is 7.72. The maximum Gasteiger partial charge on any atom is 0.417 e. The fraction of sp³-hybridized carbons (Fsp3) is 0.323. The van der Waals surface area contributed by atoms with Crippen LogP contribution in [0.3, 0.4) is 0 Å². The molecule has 0 atom stereocenters. The Morgan fingerprint density at radius 2 is 1.72 bits per heavy atom. The van der Waals surface area contributed by atoms with E-state index < -0.39 is 17.7 Å². The van der Waals surface area contributed by atoms with E-state index in [4.69, 9.17) is 44.3 Å². The van der Waals surface area contributed by atoms with Crippen LogP contribution in [0.1, 0.15) is 36.0 Å². The average Bonchev–Trinajstić information content (AvgIpc) is 3.81. The standard InChI is InChI=1S/C20H19Cl2NO4.C11H11ClF3N/c21-14-3-6-18(22)19(11-14)27-10-9-26-15-4-1-13(2-5-15)16-7-8-23-12-17(16)20(24)25;12-10-7(6-16-8-4-5-8)2-1-3-9(10)11(13,14)15/h1-6,11,23H,7-10,12H2,(H,24,25);1-3,8,16H,4-6H2. The lowest BCUT2D eigenvalue weighted by Gasteiger charge is -2.19. The van der Waals surface area contributed by atoms with Crippen LogP contribution in [0, 0.1) is 0 Å². The first-order valence-electron chi connectivity index (χ1n) is 13.6. The second-order valence-electron chi connectivity index (χ2n) is 9.92. The van der Waals surface area contributed by atoms with Crippen LogP contribution >= 0.6 is 34.8 Å². The lowest BCUT2D eigenvalue weighted by Crippen LogP contribution is -2.28. The first kappa shape index (κ1) is 33.0. The number of aliphatic carboxylic acids is 1. The molecular weight excluding hydrogens is 628 g/mol. The molecule has 3 aromatic carbocycles. The molecule has 1 aliphatic heterocycles. The molecule has 0 aromatic heterocycles. The Hall–Kier alpha value is -2.95. The zero-order valence-electron chi connectivity index (χ0n) is 22.9. The van der Waals surface area contributed by atoms with Crippen molar-refractivity contribution < 1.29 is 32.5 Å². The van der Waals surface area contributed by atoms with Gasteiger partial charge in [0.25, 0.3) is 0 Å². The second-order valence-corrected chi connectivity index (χ2v) is 11.1. The topological polar surface area (TPSA) is 79.8 Å². The molecule has 0 radical (unpaired) electrons. The van der Waals surface area contributed by atoms with Crippen molar-refractivity contribution in [1.29, 1.82) is 0 Å². The van der Waals surface area contributed by atoms with E-state index in [0.717, 1.165) is 36.6 Å². The van der Waals surface area contributed by atoms with E-state index in [9.17, 15) is 23.1 Å². The van der Waals surface area contributed by atoms with E-state index in [1.807, 2.05) is 24.3 Å². The van der Waals surface area contributed by atoms with Crippen LogP contribution in [0.4, 0.5) is 13.2 Å². The van der Waals surface area contributed by atoms with Crippen molar-refractivity contribution >= 4 is 46.3 Å². The highest BCUT2D eigenvalue weighted by Crippen LogP contribution is 2.36. The van der Waals surface area contributed by atoms with Gasteiger partial charge in [0.1, 0.15) is 24.7 Å². The number of benzene rings is 3. The van der Waals surface area contributed by atoms with Gasteiger partial charge in [-0.3, -0.25) is 0 Å². The molecule has 43 heavy (non-hydrogen) atoms. The summed E-state index contributed by atoms with van der Waals surface area (Å²) in [6.45, 7) is 2.21. The lowest BCUT2D eigenvalue weighted by molar-refractivity contribution is -0.137. The van der Waals surface area contributed by atoms with Gasteiger partial charge in [-0.25, -0.2) is 4.79 Å². The molecule has 1 fully saturated rings. The van der Waals surface area contributed by atoms with Crippen molar-refractivity contribution in [1.82, 2.24) is 10.6 Å². The van der Waals surface area contributed by atoms with Gasteiger partial charge in [-0.2, -0.15) is 13.2 Å². The van der Waals surface area contributed by atoms with Gasteiger partial charge in [0, 0.05) is 30.2 Å². The fourth-order valence-corrected chi connectivity index (χ4v) is 4.97. The SMILES string of the molecule is FC(F)(F)c1cccc(CNC2CC2)c1Cl.O=C(O)C1=C(c2ccc(OCCOc3cc(Cl)ccc3Cl)cc2)CCNC1. The summed E-state index contributed by atoms with van der Waals surface area (Å²) in [6.07, 6.45) is -1.50. The molecule has 0 amide bonds. The number of alkyl halides is 3. The molecular formula is C31H30Cl3F3N2O4. The number of carbonyl (C=O) groups is 1. The number of hydrogen-bond acceptors (Lipinski definition) is 5. The summed E-state index contributed by atoms with van der Waals surface area (Å²) in [5, 5.41) is 16.4. The Labute approximate surface area is 262 Å². The highest BCUT2D eigenvalue weighted by molar-refractivity contribution is 6.34. The highest BCUT2D eigenvalue weighted by Gasteiger charge is 2.34. The van der Waals surface area contributed by atoms with Crippen LogP contribution in [0.25, 0.3) is 5.57 Å². The Morgan fingerprint density at radius 3 is 2.40 bits per heavy atom. The van der Waals surface area contributed by atoms with Gasteiger partial charge in [0.05, 0.1) is 21.2 Å². The predicted molar refractivity (Wildman–Crippen MR) is 162 cm³/mol. The van der Waals surface area contributed by atoms with Crippen molar-refractivity contribution in [3.63, 3.8) is 0 Å². The van der Waals surface area contributed by atoms with Gasteiger partial charge < -0.3 is 25.2 Å². The van der Waals surface area contributed by atoms with Crippen LogP contribution in [0.5, 0.6) is 11.5 Å². The van der Waals surface area contributed by atoms with Gasteiger partial charge in [0.2, 0.25) is 0 Å². The van der Waals surface area contributed by atoms with E-state index in [1.165, 1.54) is 6.07 Å². The molecule has 1 saturated carbocycles. The fourth-order valence-electron chi connectivity index (χ4n) is 4.34. The third kappa shape index (κ3) is 9.78. The smallest absolute Gasteiger partial charge is 0.417 e. The van der Waals surface area contributed by atoms with Gasteiger partial charge in [0.15, 0.2) is 0 Å². The molecule has 3 N–H and O–H groups in total. The first-order valence-corrected chi connectivity index (χ1v) is 14.7. The van der Waals surface area contributed by atoms with Gasteiger partial charge in [-0.1, -0.05) is 59.1 Å². The molecule has 5 rings (SSSR count). The van der Waals surface area contributed by atoms with E-state index in [2.05, 4.69) is 10.6 Å². The molecule has 0 spiro atoms. The van der Waals surface area contributed by atoms with Crippen LogP contribution in [-0.2, 0) is 17.5 Å². The number of hydrogen-bond donors (Lipinski definition) is 3. The van der Waals surface area contributed by atoms with Crippen molar-refractivity contribution in [2.75, 3.05) is 26.3 Å². The summed E-state index contributed by atoms with van der Waals surface area (Å²) in [5.74, 6) is 0.322. The van der Waals surface area contributed by atoms with Crippen LogP contribution in [0.15, 0.2) is 66.2 Å². The maximum absolute atomic E-state index is 12.5. The summed E-state index contributed by atoms with van der Waals surface area (Å²) >= 11 is 17.7. The molecule has 0 saturated heterocycles. The quantitative estimate of drug-likeness (QED) is 0.193. The monoisotopic (exact) mass is 656 g/mol. The van der Waals surface area contributed by atoms with Crippen LogP contribution < -0.4 is 20.1 Å². The zero-order chi connectivity index (χ0) is 31.0. The molecule has 2 aliphatic rings. The predicted octanol–water partition coefficient (Wildman–Crippen LogP) is 7.89. The normalized spacial score (nSPS) is 15.0. The number of halogens is 6. The minimum atomic E-state index is -4.38. The summed E-state index contributed by atoms with van der Waals surface area (Å²) < 4.78 is 48.9. The van der Waals surface area contributed by atoms with Crippen molar-refractivity contribution in [2.45, 2.75) is 38.0 Å². The number of rotatable bonds is 10. The van der Waals surface area contributed by atoms with Gasteiger partial charge in [-0.15, -0.1) is 0 Å². The first-order chi connectivity index (χ1) is 20.5. The molecule has 1 aliphatic carbocycles. The van der Waals surface area contributed by atoms with Crippen molar-refractivity contribution in [3.05, 3.63) is 98.0 Å². The van der Waals surface area contributed by atoms with E-state index in [-0.39, 0.29) is 5.02 Å². The summed E-state index contributed by atoms with van der Waals surface area (Å²) in [6, 6.07) is 16.9. The molecule has 0 bridgehead atoms. The van der Waals surface area contributed by atoms with E-state index in [1.54, 1.807) is 24.3 Å². The van der Waals surface area contributed by atoms with E-state index in [0.29, 0.717) is 71.4 Å². The summed E-state index contributed by atoms with van der Waals surface area (Å²) in [5.41, 5.74) is 1.93. The Balaban J connectivity index is 0.000000225. The second kappa shape index (κ2) is 15.2. The van der Waals surface area contributed by atoms with Gasteiger partial charge >= 0.3 is 12.1 Å². The maximum atomic E-state index is 12.5. The average molecular weight is 658 g/mol. The Bertz CT molecular complexity index is 1450. The van der Waals surface area contributed by atoms with Crippen molar-refractivity contribution in [3.8, 4) is 11.5 Å². The van der Waals surface area contributed by atoms with Crippen molar-refractivity contribution in [2.24, 2.45) is 0 Å². The highest BCUT2D eigenvalue weighted by atomic mass is 35.5. The number of ether oxygens (including phenoxy) is 2. The number of nitrogens with one attached hydrogen (secondary N) is 2. The van der Waals surface area contributed by atoms with Crippen LogP contribution in [-0.4, -0.2) is 43.4 Å². The third-order valence-electron chi connectivity index (χ3n) is 6.72. The molecule has 1 heterocycles. The molecule has 0 unspecified atom stereocenters. The Morgan fingerprint density at radius 1 is 1.00 bits per heavy atom. The molecule has 230 valence electrons. The minimum Gasteiger partial charge on any atom is -0.490 e. The zero-order valence-corrected chi connectivity index (χ0v) is 25.2. The molecule has 12 heteroatoms. The number of carboxylic acid groups (broad SMARTS) is 1. The summed E-state index contributed by atoms with van der Waals surface area (Å²) in [7, 11) is 0. The lowest BCUT2D eigenvalue weighted by atomic mass is 9.94. The largest absolute Gasteiger partial charge is 0.490 e. The Kier molecular flexibility index (Phi) is 11.6. The van der Waals surface area contributed by atoms with Gasteiger partial charge in [-0.05, 0) is 72.8 Å². The summed E-state index contributed by atoms with van der Waals surface area (Å²) in [4.78, 5) is 11.4. The minimum absolute atomic E-state index is 0.192. The molecule has 3 aromatic rings. The number of carboxylic acids is 1. The van der Waals surface area contributed by atoms with E-state index >= 15 is 0 Å². The molecule has 6 nitrogen and oxygen atoms in total.